The van der Waals surface area contributed by atoms with Gasteiger partial charge in [-0.15, -0.1) is 11.8 Å². The van der Waals surface area contributed by atoms with Gasteiger partial charge in [-0.2, -0.15) is 0 Å². The van der Waals surface area contributed by atoms with Crippen LogP contribution in [-0.2, 0) is 4.79 Å². The number of carbonyl (C=O) groups excluding carboxylic acids is 1. The first kappa shape index (κ1) is 22.2. The quantitative estimate of drug-likeness (QED) is 0.446. The van der Waals surface area contributed by atoms with Gasteiger partial charge in [-0.25, -0.2) is 4.39 Å². The average molecular weight is 377 g/mol. The molecule has 0 spiro atoms. The van der Waals surface area contributed by atoms with Gasteiger partial charge in [0, 0.05) is 17.7 Å². The lowest BCUT2D eigenvalue weighted by atomic mass is 9.81. The molecule has 0 radical (unpaired) electrons. The van der Waals surface area contributed by atoms with Gasteiger partial charge in [0.1, 0.15) is 11.6 Å². The van der Waals surface area contributed by atoms with E-state index in [1.165, 1.54) is 12.1 Å². The van der Waals surface area contributed by atoms with Crippen molar-refractivity contribution in [1.82, 2.24) is 0 Å². The molecule has 0 saturated carbocycles. The monoisotopic (exact) mass is 376 g/mol. The molecule has 1 aliphatic rings. The molecule has 1 unspecified atom stereocenters. The maximum absolute atomic E-state index is 12.9. The second-order valence-electron chi connectivity index (χ2n) is 6.09. The minimum atomic E-state index is -0.239. The van der Waals surface area contributed by atoms with Crippen LogP contribution < -0.4 is 0 Å². The molecular weight excluding hydrogens is 347 g/mol. The largest absolute Gasteiger partial charge is 0.512 e. The third-order valence-corrected chi connectivity index (χ3v) is 5.20. The van der Waals surface area contributed by atoms with E-state index in [9.17, 15) is 14.3 Å². The summed E-state index contributed by atoms with van der Waals surface area (Å²) in [7, 11) is 0. The molecule has 4 heteroatoms. The molecule has 2 nitrogen and oxygen atoms in total. The number of ketones is 1. The molecule has 26 heavy (non-hydrogen) atoms. The van der Waals surface area contributed by atoms with Crippen LogP contribution in [0.25, 0.3) is 0 Å². The molecule has 1 aliphatic carbocycles. The van der Waals surface area contributed by atoms with E-state index in [0.29, 0.717) is 18.4 Å². The maximum Gasteiger partial charge on any atom is 0.167 e. The van der Waals surface area contributed by atoms with Crippen LogP contribution in [-0.4, -0.2) is 16.6 Å². The Labute approximate surface area is 160 Å². The Kier molecular flexibility index (Phi) is 9.42. The molecule has 0 saturated heterocycles. The summed E-state index contributed by atoms with van der Waals surface area (Å²) >= 11 is 1.64. The van der Waals surface area contributed by atoms with Crippen molar-refractivity contribution in [3.05, 3.63) is 65.2 Å². The summed E-state index contributed by atoms with van der Waals surface area (Å²) < 4.78 is 12.9. The number of hydrogen-bond donors (Lipinski definition) is 1. The summed E-state index contributed by atoms with van der Waals surface area (Å²) in [4.78, 5) is 13.5. The van der Waals surface area contributed by atoms with Crippen LogP contribution in [0.5, 0.6) is 0 Å². The zero-order chi connectivity index (χ0) is 19.7. The molecule has 1 N–H and O–H groups in total. The smallest absolute Gasteiger partial charge is 0.167 e. The van der Waals surface area contributed by atoms with Gasteiger partial charge < -0.3 is 5.11 Å². The predicted molar refractivity (Wildman–Crippen MR) is 109 cm³/mol. The highest BCUT2D eigenvalue weighted by Crippen LogP contribution is 2.34. The molecule has 0 bridgehead atoms. The zero-order valence-electron chi connectivity index (χ0n) is 16.1. The SMILES string of the molecule is C=C(C)/C(=C/C)C1=C(O)CC(CCSc2ccc(F)cc2)CC1=O.CC. The van der Waals surface area contributed by atoms with Gasteiger partial charge in [0.15, 0.2) is 5.78 Å². The Hall–Kier alpha value is -1.81. The van der Waals surface area contributed by atoms with E-state index in [2.05, 4.69) is 6.58 Å². The second kappa shape index (κ2) is 11.0. The van der Waals surface area contributed by atoms with Crippen molar-refractivity contribution in [2.24, 2.45) is 5.92 Å². The minimum Gasteiger partial charge on any atom is -0.512 e. The number of aliphatic hydroxyl groups excluding tert-OH is 1. The number of carbonyl (C=O) groups is 1. The summed E-state index contributed by atoms with van der Waals surface area (Å²) in [6.07, 6.45) is 3.64. The molecule has 1 atom stereocenters. The van der Waals surface area contributed by atoms with Crippen molar-refractivity contribution < 1.29 is 14.3 Å². The van der Waals surface area contributed by atoms with Gasteiger partial charge >= 0.3 is 0 Å². The van der Waals surface area contributed by atoms with Crippen molar-refractivity contribution in [2.75, 3.05) is 5.75 Å². The van der Waals surface area contributed by atoms with E-state index >= 15 is 0 Å². The van der Waals surface area contributed by atoms with Gasteiger partial charge in [0.25, 0.3) is 0 Å². The third-order valence-electron chi connectivity index (χ3n) is 4.15. The first-order valence-corrected chi connectivity index (χ1v) is 10.1. The topological polar surface area (TPSA) is 37.3 Å². The maximum atomic E-state index is 12.9. The number of allylic oxidation sites excluding steroid dienone is 5. The minimum absolute atomic E-state index is 0.00775. The molecular formula is C22H29FO2S. The number of thioether (sulfide) groups is 1. The summed E-state index contributed by atoms with van der Waals surface area (Å²) in [5, 5.41) is 10.3. The number of Topliss-reactive ketones (excluding diaryl/α,β-unsaturated/α-hetero) is 1. The van der Waals surface area contributed by atoms with E-state index < -0.39 is 0 Å². The van der Waals surface area contributed by atoms with Crippen LogP contribution in [0, 0.1) is 11.7 Å². The number of halogens is 1. The molecule has 1 aromatic rings. The van der Waals surface area contributed by atoms with Crippen molar-refractivity contribution in [1.29, 1.82) is 0 Å². The number of hydrogen-bond acceptors (Lipinski definition) is 3. The second-order valence-corrected chi connectivity index (χ2v) is 7.26. The van der Waals surface area contributed by atoms with E-state index in [-0.39, 0.29) is 23.3 Å². The fourth-order valence-electron chi connectivity index (χ4n) is 2.96. The van der Waals surface area contributed by atoms with Gasteiger partial charge in [-0.3, -0.25) is 4.79 Å². The number of aliphatic hydroxyl groups is 1. The lowest BCUT2D eigenvalue weighted by molar-refractivity contribution is -0.117. The fourth-order valence-corrected chi connectivity index (χ4v) is 3.98. The van der Waals surface area contributed by atoms with Crippen LogP contribution >= 0.6 is 11.8 Å². The van der Waals surface area contributed by atoms with Crippen LogP contribution in [0.4, 0.5) is 4.39 Å². The molecule has 0 aliphatic heterocycles. The lowest BCUT2D eigenvalue weighted by Crippen LogP contribution is -2.21. The van der Waals surface area contributed by atoms with Crippen LogP contribution in [0.3, 0.4) is 0 Å². The van der Waals surface area contributed by atoms with E-state index in [4.69, 9.17) is 0 Å². The first-order chi connectivity index (χ1) is 12.4. The highest BCUT2D eigenvalue weighted by atomic mass is 32.2. The van der Waals surface area contributed by atoms with Crippen molar-refractivity contribution in [3.63, 3.8) is 0 Å². The first-order valence-electron chi connectivity index (χ1n) is 9.08. The number of benzene rings is 1. The van der Waals surface area contributed by atoms with E-state index in [0.717, 1.165) is 28.2 Å². The average Bonchev–Trinajstić information content (AvgIpc) is 2.61. The summed E-state index contributed by atoms with van der Waals surface area (Å²) in [5.41, 5.74) is 1.97. The standard InChI is InChI=1S/C20H23FO2S.C2H6/c1-4-17(13(2)3)20-18(22)11-14(12-19(20)23)9-10-24-16-7-5-15(21)6-8-16;1-2/h4-8,14,22H,2,9-12H2,1,3H3;1-2H3/b17-4-;. The molecule has 142 valence electrons. The van der Waals surface area contributed by atoms with Crippen LogP contribution in [0.1, 0.15) is 47.0 Å². The predicted octanol–water partition coefficient (Wildman–Crippen LogP) is 6.65. The van der Waals surface area contributed by atoms with Gasteiger partial charge in [0.2, 0.25) is 0 Å². The molecule has 2 rings (SSSR count). The van der Waals surface area contributed by atoms with Gasteiger partial charge in [-0.05, 0) is 61.8 Å². The van der Waals surface area contributed by atoms with Crippen molar-refractivity contribution in [2.45, 2.75) is 51.9 Å². The molecule has 0 fully saturated rings. The Bertz CT molecular complexity index is 687. The van der Waals surface area contributed by atoms with Crippen molar-refractivity contribution in [3.8, 4) is 0 Å². The third kappa shape index (κ3) is 6.17. The zero-order valence-corrected chi connectivity index (χ0v) is 17.0. The van der Waals surface area contributed by atoms with E-state index in [1.807, 2.05) is 33.8 Å². The molecule has 1 aromatic carbocycles. The summed E-state index contributed by atoms with van der Waals surface area (Å²) in [6.45, 7) is 11.6. The van der Waals surface area contributed by atoms with Crippen LogP contribution in [0.2, 0.25) is 0 Å². The Morgan fingerprint density at radius 2 is 1.92 bits per heavy atom. The number of rotatable bonds is 6. The van der Waals surface area contributed by atoms with Gasteiger partial charge in [0.05, 0.1) is 5.57 Å². The Balaban J connectivity index is 0.00000163. The fraction of sp³-hybridized carbons (Fsp3) is 0.409. The highest BCUT2D eigenvalue weighted by molar-refractivity contribution is 7.99. The summed E-state index contributed by atoms with van der Waals surface area (Å²) in [6, 6.07) is 6.41. The normalized spacial score (nSPS) is 17.7. The lowest BCUT2D eigenvalue weighted by Gasteiger charge is -2.24. The summed E-state index contributed by atoms with van der Waals surface area (Å²) in [5.74, 6) is 0.920. The molecule has 0 aromatic heterocycles. The molecule has 0 heterocycles. The van der Waals surface area contributed by atoms with Crippen molar-refractivity contribution >= 4 is 17.5 Å². The van der Waals surface area contributed by atoms with Gasteiger partial charge in [-0.1, -0.05) is 32.1 Å². The Morgan fingerprint density at radius 1 is 1.31 bits per heavy atom. The van der Waals surface area contributed by atoms with E-state index in [1.54, 1.807) is 23.9 Å². The van der Waals surface area contributed by atoms with Crippen LogP contribution in [0.15, 0.2) is 64.3 Å². The molecule has 0 amide bonds. The Morgan fingerprint density at radius 3 is 2.42 bits per heavy atom. The highest BCUT2D eigenvalue weighted by Gasteiger charge is 2.29.